The van der Waals surface area contributed by atoms with Crippen molar-refractivity contribution in [3.63, 3.8) is 0 Å². The Morgan fingerprint density at radius 1 is 0.469 bits per heavy atom. The minimum absolute atomic E-state index is 0.317. The lowest BCUT2D eigenvalue weighted by Crippen LogP contribution is -2.04. The van der Waals surface area contributed by atoms with E-state index in [2.05, 4.69) is 106 Å². The maximum absolute atomic E-state index is 10.5. The molecule has 10 rings (SSSR count). The molecule has 226 valence electrons. The number of furan rings is 1. The number of hydrogen-bond donors (Lipinski definition) is 0. The molecule has 3 heterocycles. The van der Waals surface area contributed by atoms with Gasteiger partial charge in [0.25, 0.3) is 0 Å². The molecule has 5 nitrogen and oxygen atoms in total. The predicted octanol–water partition coefficient (Wildman–Crippen LogP) is 11.2. The maximum atomic E-state index is 10.5. The van der Waals surface area contributed by atoms with Crippen LogP contribution < -0.4 is 0 Å². The van der Waals surface area contributed by atoms with Gasteiger partial charge in [-0.1, -0.05) is 91.0 Å². The minimum atomic E-state index is 0.317. The third-order valence-electron chi connectivity index (χ3n) is 9.79. The quantitative estimate of drug-likeness (QED) is 0.196. The van der Waals surface area contributed by atoms with Gasteiger partial charge in [0, 0.05) is 32.6 Å². The van der Waals surface area contributed by atoms with Crippen molar-refractivity contribution in [3.8, 4) is 34.6 Å². The Labute approximate surface area is 280 Å². The number of para-hydroxylation sites is 3. The van der Waals surface area contributed by atoms with Crippen LogP contribution in [0.2, 0.25) is 0 Å². The van der Waals surface area contributed by atoms with Gasteiger partial charge in [-0.2, -0.15) is 10.5 Å². The SMILES string of the molecule is N#Cc1cc(-n2c3ccc(-c4ccccc4)cc3c3c4oc5ccccc5c4ccc32)cc(-n2c3ccccc3c3ccccc32)c1C#N. The van der Waals surface area contributed by atoms with Gasteiger partial charge in [0.1, 0.15) is 23.3 Å². The number of nitriles is 2. The molecule has 0 spiro atoms. The molecule has 49 heavy (non-hydrogen) atoms. The average molecular weight is 625 g/mol. The van der Waals surface area contributed by atoms with Crippen LogP contribution in [0.3, 0.4) is 0 Å². The molecular formula is C44H24N4O. The summed E-state index contributed by atoms with van der Waals surface area (Å²) in [5.41, 5.74) is 9.86. The molecule has 0 atom stereocenters. The second-order valence-corrected chi connectivity index (χ2v) is 12.3. The number of aromatic nitrogens is 2. The lowest BCUT2D eigenvalue weighted by atomic mass is 10.0. The first-order valence-corrected chi connectivity index (χ1v) is 16.1. The zero-order chi connectivity index (χ0) is 32.6. The van der Waals surface area contributed by atoms with E-state index in [0.717, 1.165) is 82.4 Å². The van der Waals surface area contributed by atoms with Crippen molar-refractivity contribution in [1.82, 2.24) is 9.13 Å². The van der Waals surface area contributed by atoms with Crippen LogP contribution in [0.25, 0.3) is 88.1 Å². The van der Waals surface area contributed by atoms with E-state index < -0.39 is 0 Å². The van der Waals surface area contributed by atoms with Crippen molar-refractivity contribution in [2.45, 2.75) is 0 Å². The largest absolute Gasteiger partial charge is 0.455 e. The number of nitrogens with zero attached hydrogens (tertiary/aromatic N) is 4. The summed E-state index contributed by atoms with van der Waals surface area (Å²) in [5.74, 6) is 0. The van der Waals surface area contributed by atoms with E-state index in [-0.39, 0.29) is 0 Å². The summed E-state index contributed by atoms with van der Waals surface area (Å²) in [4.78, 5) is 0. The molecular weight excluding hydrogens is 601 g/mol. The normalized spacial score (nSPS) is 11.6. The molecule has 0 aliphatic rings. The topological polar surface area (TPSA) is 70.6 Å². The molecule has 0 aliphatic carbocycles. The van der Waals surface area contributed by atoms with E-state index >= 15 is 0 Å². The van der Waals surface area contributed by atoms with Crippen molar-refractivity contribution in [2.75, 3.05) is 0 Å². The van der Waals surface area contributed by atoms with Crippen molar-refractivity contribution in [1.29, 1.82) is 10.5 Å². The summed E-state index contributed by atoms with van der Waals surface area (Å²) in [6.45, 7) is 0. The fraction of sp³-hybridized carbons (Fsp3) is 0. The molecule has 7 aromatic carbocycles. The van der Waals surface area contributed by atoms with Gasteiger partial charge < -0.3 is 13.6 Å². The molecule has 0 saturated heterocycles. The van der Waals surface area contributed by atoms with Crippen LogP contribution in [-0.2, 0) is 0 Å². The molecule has 3 aromatic heterocycles. The molecule has 0 aliphatic heterocycles. The Bertz CT molecular complexity index is 3020. The molecule has 0 amide bonds. The summed E-state index contributed by atoms with van der Waals surface area (Å²) in [6, 6.07) is 54.3. The van der Waals surface area contributed by atoms with Crippen LogP contribution in [0.1, 0.15) is 11.1 Å². The van der Waals surface area contributed by atoms with Crippen LogP contribution in [0.4, 0.5) is 0 Å². The average Bonchev–Trinajstić information content (AvgIpc) is 3.82. The van der Waals surface area contributed by atoms with Gasteiger partial charge >= 0.3 is 0 Å². The zero-order valence-corrected chi connectivity index (χ0v) is 26.1. The van der Waals surface area contributed by atoms with Gasteiger partial charge in [0.05, 0.1) is 44.3 Å². The summed E-state index contributed by atoms with van der Waals surface area (Å²) in [6.07, 6.45) is 0. The Morgan fingerprint density at radius 3 is 1.86 bits per heavy atom. The summed E-state index contributed by atoms with van der Waals surface area (Å²) >= 11 is 0. The third kappa shape index (κ3) is 3.79. The lowest BCUT2D eigenvalue weighted by molar-refractivity contribution is 0.673. The van der Waals surface area contributed by atoms with Gasteiger partial charge in [0.2, 0.25) is 0 Å². The number of hydrogen-bond acceptors (Lipinski definition) is 3. The molecule has 10 aromatic rings. The summed E-state index contributed by atoms with van der Waals surface area (Å²) in [5, 5.41) is 27.4. The van der Waals surface area contributed by atoms with Crippen LogP contribution in [0, 0.1) is 22.7 Å². The van der Waals surface area contributed by atoms with E-state index in [1.165, 1.54) is 0 Å². The minimum Gasteiger partial charge on any atom is -0.455 e. The van der Waals surface area contributed by atoms with Crippen LogP contribution >= 0.6 is 0 Å². The van der Waals surface area contributed by atoms with E-state index in [1.54, 1.807) is 0 Å². The highest BCUT2D eigenvalue weighted by molar-refractivity contribution is 6.24. The Balaban J connectivity index is 1.35. The zero-order valence-electron chi connectivity index (χ0n) is 26.1. The van der Waals surface area contributed by atoms with Crippen LogP contribution in [-0.4, -0.2) is 9.13 Å². The van der Waals surface area contributed by atoms with E-state index in [0.29, 0.717) is 16.8 Å². The lowest BCUT2D eigenvalue weighted by Gasteiger charge is -2.15. The summed E-state index contributed by atoms with van der Waals surface area (Å²) < 4.78 is 10.9. The highest BCUT2D eigenvalue weighted by Gasteiger charge is 2.23. The maximum Gasteiger partial charge on any atom is 0.145 e. The first-order valence-electron chi connectivity index (χ1n) is 16.1. The highest BCUT2D eigenvalue weighted by atomic mass is 16.3. The van der Waals surface area contributed by atoms with Crippen LogP contribution in [0.5, 0.6) is 0 Å². The Kier molecular flexibility index (Phi) is 5.64. The molecule has 0 unspecified atom stereocenters. The second kappa shape index (κ2) is 10.2. The van der Waals surface area contributed by atoms with Crippen LogP contribution in [0.15, 0.2) is 150 Å². The number of benzene rings is 7. The first-order chi connectivity index (χ1) is 24.2. The van der Waals surface area contributed by atoms with Crippen molar-refractivity contribution < 1.29 is 4.42 Å². The monoisotopic (exact) mass is 624 g/mol. The first kappa shape index (κ1) is 27.1. The van der Waals surface area contributed by atoms with E-state index in [1.807, 2.05) is 60.7 Å². The standard InChI is InChI=1S/C44H24N4O/c45-25-29-22-30(24-41(36(29)26-46)48-37-15-7-4-12-31(37)32-13-5-8-16-38(32)48)47-39-20-18-28(27-10-2-1-3-11-27)23-35(39)43-40(47)21-19-34-33-14-6-9-17-42(33)49-44(34)43/h1-24H. The fourth-order valence-electron chi connectivity index (χ4n) is 7.68. The fourth-order valence-corrected chi connectivity index (χ4v) is 7.68. The Morgan fingerprint density at radius 2 is 1.12 bits per heavy atom. The van der Waals surface area contributed by atoms with Gasteiger partial charge in [-0.3, -0.25) is 0 Å². The number of fused-ring (bicyclic) bond motifs is 10. The third-order valence-corrected chi connectivity index (χ3v) is 9.79. The van der Waals surface area contributed by atoms with Gasteiger partial charge in [-0.05, 0) is 65.7 Å². The molecule has 5 heteroatoms. The Hall–Kier alpha value is -7.08. The van der Waals surface area contributed by atoms with Gasteiger partial charge in [0.15, 0.2) is 0 Å². The van der Waals surface area contributed by atoms with Crippen molar-refractivity contribution in [2.24, 2.45) is 0 Å². The molecule has 0 saturated carbocycles. The number of rotatable bonds is 3. The summed E-state index contributed by atoms with van der Waals surface area (Å²) in [7, 11) is 0. The van der Waals surface area contributed by atoms with E-state index in [4.69, 9.17) is 4.42 Å². The second-order valence-electron chi connectivity index (χ2n) is 12.3. The molecule has 0 fully saturated rings. The van der Waals surface area contributed by atoms with Crippen molar-refractivity contribution in [3.05, 3.63) is 157 Å². The highest BCUT2D eigenvalue weighted by Crippen LogP contribution is 2.43. The molecule has 0 N–H and O–H groups in total. The predicted molar refractivity (Wildman–Crippen MR) is 197 cm³/mol. The van der Waals surface area contributed by atoms with Gasteiger partial charge in [-0.15, -0.1) is 0 Å². The molecule has 0 radical (unpaired) electrons. The van der Waals surface area contributed by atoms with Gasteiger partial charge in [-0.25, -0.2) is 0 Å². The van der Waals surface area contributed by atoms with Crippen molar-refractivity contribution >= 4 is 65.6 Å². The van der Waals surface area contributed by atoms with E-state index in [9.17, 15) is 10.5 Å². The molecule has 0 bridgehead atoms. The smallest absolute Gasteiger partial charge is 0.145 e.